The molecule has 0 aliphatic carbocycles. The van der Waals surface area contributed by atoms with Gasteiger partial charge in [0.2, 0.25) is 0 Å². The fourth-order valence-electron chi connectivity index (χ4n) is 5.51. The summed E-state index contributed by atoms with van der Waals surface area (Å²) in [5.41, 5.74) is 1.04. The Balaban J connectivity index is 1.54. The summed E-state index contributed by atoms with van der Waals surface area (Å²) in [7, 11) is 0. The van der Waals surface area contributed by atoms with Crippen molar-refractivity contribution in [3.63, 3.8) is 0 Å². The Morgan fingerprint density at radius 1 is 1.17 bits per heavy atom. The lowest BCUT2D eigenvalue weighted by Crippen LogP contribution is -2.53. The number of benzene rings is 2. The molecule has 35 heavy (non-hydrogen) atoms. The van der Waals surface area contributed by atoms with Gasteiger partial charge in [0.05, 0.1) is 6.04 Å². The minimum absolute atomic E-state index is 0.0476. The molecule has 2 aliphatic rings. The van der Waals surface area contributed by atoms with Gasteiger partial charge in [0.25, 0.3) is 0 Å². The third-order valence-electron chi connectivity index (χ3n) is 7.02. The number of rotatable bonds is 7. The van der Waals surface area contributed by atoms with Crippen molar-refractivity contribution in [2.75, 3.05) is 26.2 Å². The summed E-state index contributed by atoms with van der Waals surface area (Å²) in [6.07, 6.45) is 2.37. The first-order valence-corrected chi connectivity index (χ1v) is 12.2. The summed E-state index contributed by atoms with van der Waals surface area (Å²) in [4.78, 5) is 7.40. The van der Waals surface area contributed by atoms with Gasteiger partial charge in [0.15, 0.2) is 0 Å². The van der Waals surface area contributed by atoms with E-state index in [0.29, 0.717) is 19.5 Å². The number of para-hydroxylation sites is 1. The van der Waals surface area contributed by atoms with E-state index in [1.165, 1.54) is 26.0 Å². The molecule has 0 saturated carbocycles. The highest BCUT2D eigenvalue weighted by molar-refractivity contribution is 5.85. The molecule has 0 bridgehead atoms. The van der Waals surface area contributed by atoms with Crippen molar-refractivity contribution < 1.29 is 17.9 Å². The Hall–Kier alpha value is -2.77. The van der Waals surface area contributed by atoms with Gasteiger partial charge in [0, 0.05) is 66.5 Å². The quantitative estimate of drug-likeness (QED) is 0.433. The van der Waals surface area contributed by atoms with Crippen LogP contribution in [0.15, 0.2) is 49.1 Å². The molecule has 1 N–H and O–H groups in total. The molecule has 0 radical (unpaired) electrons. The average Bonchev–Trinajstić information content (AvgIpc) is 3.11. The fourth-order valence-corrected chi connectivity index (χ4v) is 5.51. The van der Waals surface area contributed by atoms with Gasteiger partial charge in [-0.1, -0.05) is 24.3 Å². The second-order valence-electron chi connectivity index (χ2n) is 10.5. The van der Waals surface area contributed by atoms with Gasteiger partial charge in [-0.2, -0.15) is 0 Å². The smallest absolute Gasteiger partial charge is 0.135 e. The molecular formula is C28H32F3N3O. The molecule has 2 aromatic carbocycles. The summed E-state index contributed by atoms with van der Waals surface area (Å²) in [6.45, 7) is 10.9. The Kier molecular flexibility index (Phi) is 6.18. The van der Waals surface area contributed by atoms with Crippen molar-refractivity contribution in [3.05, 3.63) is 77.5 Å². The highest BCUT2D eigenvalue weighted by Crippen LogP contribution is 2.43. The zero-order chi connectivity index (χ0) is 24.9. The molecule has 4 nitrogen and oxygen atoms in total. The van der Waals surface area contributed by atoms with Crippen molar-refractivity contribution in [3.8, 4) is 5.75 Å². The maximum Gasteiger partial charge on any atom is 0.135 e. The van der Waals surface area contributed by atoms with Crippen molar-refractivity contribution in [2.24, 2.45) is 0 Å². The number of nitrogens with one attached hydrogen (secondary N) is 1. The third-order valence-corrected chi connectivity index (χ3v) is 7.02. The number of H-pyrrole nitrogens is 1. The molecule has 5 rings (SSSR count). The van der Waals surface area contributed by atoms with Gasteiger partial charge in [-0.25, -0.2) is 13.2 Å². The van der Waals surface area contributed by atoms with Crippen LogP contribution in [0, 0.1) is 11.6 Å². The van der Waals surface area contributed by atoms with E-state index < -0.39 is 23.3 Å². The first-order valence-electron chi connectivity index (χ1n) is 12.2. The monoisotopic (exact) mass is 483 g/mol. The number of aromatic amines is 1. The molecule has 1 saturated heterocycles. The topological polar surface area (TPSA) is 31.5 Å². The molecule has 3 heterocycles. The maximum atomic E-state index is 15.7. The Morgan fingerprint density at radius 2 is 1.86 bits per heavy atom. The van der Waals surface area contributed by atoms with Crippen LogP contribution in [0.4, 0.5) is 13.2 Å². The summed E-state index contributed by atoms with van der Waals surface area (Å²) >= 11 is 0. The van der Waals surface area contributed by atoms with Crippen molar-refractivity contribution in [1.82, 2.24) is 14.8 Å². The number of nitrogens with zero attached hydrogens (tertiary/aromatic N) is 2. The lowest BCUT2D eigenvalue weighted by molar-refractivity contribution is 0.0277. The fraction of sp³-hybridized carbons (Fsp3) is 0.429. The number of alkyl halides is 1. The highest BCUT2D eigenvalue weighted by atomic mass is 19.1. The van der Waals surface area contributed by atoms with Crippen LogP contribution in [0.2, 0.25) is 0 Å². The number of aromatic nitrogens is 1. The average molecular weight is 484 g/mol. The second kappa shape index (κ2) is 9.03. The minimum Gasteiger partial charge on any atom is -0.488 e. The molecule has 0 amide bonds. The van der Waals surface area contributed by atoms with E-state index in [1.54, 1.807) is 0 Å². The molecule has 7 heteroatoms. The summed E-state index contributed by atoms with van der Waals surface area (Å²) in [5.74, 6) is -1.20. The predicted octanol–water partition coefficient (Wildman–Crippen LogP) is 5.78. The predicted molar refractivity (Wildman–Crippen MR) is 133 cm³/mol. The molecular weight excluding hydrogens is 451 g/mol. The SMILES string of the molecule is C=CCN1CC(Oc2cc(F)c(C3c4[nH]c5ccccc5c4CC(C)N3CC(C)(C)F)c(F)c2)C1. The Morgan fingerprint density at radius 3 is 2.51 bits per heavy atom. The van der Waals surface area contributed by atoms with Gasteiger partial charge in [-0.15, -0.1) is 6.58 Å². The first-order chi connectivity index (χ1) is 16.6. The van der Waals surface area contributed by atoms with Crippen LogP contribution in [0.1, 0.15) is 43.6 Å². The normalized spacial score (nSPS) is 21.7. The van der Waals surface area contributed by atoms with Crippen LogP contribution in [-0.2, 0) is 6.42 Å². The number of hydrogen-bond acceptors (Lipinski definition) is 3. The number of hydrogen-bond donors (Lipinski definition) is 1. The van der Waals surface area contributed by atoms with Crippen LogP contribution in [-0.4, -0.2) is 58.8 Å². The van der Waals surface area contributed by atoms with Gasteiger partial charge >= 0.3 is 0 Å². The van der Waals surface area contributed by atoms with E-state index in [-0.39, 0.29) is 30.0 Å². The molecule has 2 unspecified atom stereocenters. The van der Waals surface area contributed by atoms with Crippen LogP contribution < -0.4 is 4.74 Å². The van der Waals surface area contributed by atoms with E-state index >= 15 is 8.78 Å². The largest absolute Gasteiger partial charge is 0.488 e. The number of likely N-dealkylation sites (tertiary alicyclic amines) is 1. The molecule has 0 spiro atoms. The standard InChI is InChI=1S/C28H32F3N3O/c1-5-10-33-14-19(15-33)35-18-12-22(29)25(23(30)13-18)27-26-21(20-8-6-7-9-24(20)32-26)11-17(2)34(27)16-28(3,4)31/h5-9,12-13,17,19,27,32H,1,10-11,14-16H2,2-4H3. The van der Waals surface area contributed by atoms with E-state index in [9.17, 15) is 4.39 Å². The van der Waals surface area contributed by atoms with Crippen LogP contribution in [0.3, 0.4) is 0 Å². The van der Waals surface area contributed by atoms with Gasteiger partial charge in [0.1, 0.15) is 29.2 Å². The lowest BCUT2D eigenvalue weighted by Gasteiger charge is -2.43. The molecule has 2 atom stereocenters. The third kappa shape index (κ3) is 4.59. The van der Waals surface area contributed by atoms with Crippen LogP contribution in [0.5, 0.6) is 5.75 Å². The number of halogens is 3. The van der Waals surface area contributed by atoms with Crippen molar-refractivity contribution in [2.45, 2.75) is 51.0 Å². The Labute approximate surface area is 204 Å². The highest BCUT2D eigenvalue weighted by Gasteiger charge is 2.41. The summed E-state index contributed by atoms with van der Waals surface area (Å²) in [6, 6.07) is 9.48. The molecule has 186 valence electrons. The zero-order valence-corrected chi connectivity index (χ0v) is 20.5. The Bertz CT molecular complexity index is 1220. The first kappa shape index (κ1) is 23.9. The maximum absolute atomic E-state index is 15.7. The van der Waals surface area contributed by atoms with E-state index in [1.807, 2.05) is 42.2 Å². The van der Waals surface area contributed by atoms with Crippen LogP contribution in [0.25, 0.3) is 10.9 Å². The molecule has 1 aromatic heterocycles. The van der Waals surface area contributed by atoms with Crippen molar-refractivity contribution in [1.29, 1.82) is 0 Å². The number of ether oxygens (including phenoxy) is 1. The zero-order valence-electron chi connectivity index (χ0n) is 20.5. The number of fused-ring (bicyclic) bond motifs is 3. The second-order valence-corrected chi connectivity index (χ2v) is 10.5. The van der Waals surface area contributed by atoms with E-state index in [0.717, 1.165) is 28.7 Å². The summed E-state index contributed by atoms with van der Waals surface area (Å²) in [5, 5.41) is 1.04. The molecule has 3 aromatic rings. The van der Waals surface area contributed by atoms with Gasteiger partial charge in [-0.3, -0.25) is 9.80 Å². The van der Waals surface area contributed by atoms with E-state index in [4.69, 9.17) is 4.74 Å². The lowest BCUT2D eigenvalue weighted by atomic mass is 9.87. The summed E-state index contributed by atoms with van der Waals surface area (Å²) < 4.78 is 52.1. The minimum atomic E-state index is -1.53. The van der Waals surface area contributed by atoms with Crippen molar-refractivity contribution >= 4 is 10.9 Å². The molecule has 2 aliphatic heterocycles. The van der Waals surface area contributed by atoms with Gasteiger partial charge < -0.3 is 9.72 Å². The van der Waals surface area contributed by atoms with E-state index in [2.05, 4.69) is 16.5 Å². The van der Waals surface area contributed by atoms with Crippen LogP contribution >= 0.6 is 0 Å². The molecule has 1 fully saturated rings. The van der Waals surface area contributed by atoms with Gasteiger partial charge in [-0.05, 0) is 38.8 Å².